The normalized spacial score (nSPS) is 22.8. The number of para-hydroxylation sites is 2. The predicted molar refractivity (Wildman–Crippen MR) is 71.9 cm³/mol. The molecule has 1 atom stereocenters. The van der Waals surface area contributed by atoms with Crippen molar-refractivity contribution in [2.75, 3.05) is 19.0 Å². The molecule has 2 rings (SSSR count). The van der Waals surface area contributed by atoms with Gasteiger partial charge in [-0.1, -0.05) is 19.1 Å². The number of hydrogen-bond donors (Lipinski definition) is 2. The summed E-state index contributed by atoms with van der Waals surface area (Å²) in [6.45, 7) is 2.95. The van der Waals surface area contributed by atoms with Crippen molar-refractivity contribution in [3.05, 3.63) is 24.3 Å². The van der Waals surface area contributed by atoms with Crippen LogP contribution in [-0.4, -0.2) is 25.1 Å². The molecule has 1 saturated heterocycles. The predicted octanol–water partition coefficient (Wildman–Crippen LogP) is 2.17. The quantitative estimate of drug-likeness (QED) is 0.858. The third kappa shape index (κ3) is 2.34. The van der Waals surface area contributed by atoms with Crippen LogP contribution in [0.5, 0.6) is 5.75 Å². The van der Waals surface area contributed by atoms with E-state index in [9.17, 15) is 4.79 Å². The fourth-order valence-corrected chi connectivity index (χ4v) is 2.45. The average Bonchev–Trinajstić information content (AvgIpc) is 2.89. The van der Waals surface area contributed by atoms with Crippen molar-refractivity contribution in [1.29, 1.82) is 0 Å². The van der Waals surface area contributed by atoms with Crippen LogP contribution in [0.4, 0.5) is 5.69 Å². The first-order valence-corrected chi connectivity index (χ1v) is 6.41. The zero-order valence-electron chi connectivity index (χ0n) is 11.0. The van der Waals surface area contributed by atoms with Gasteiger partial charge >= 0.3 is 0 Å². The van der Waals surface area contributed by atoms with Gasteiger partial charge in [-0.15, -0.1) is 0 Å². The third-order valence-electron chi connectivity index (χ3n) is 3.64. The second-order valence-corrected chi connectivity index (χ2v) is 4.62. The summed E-state index contributed by atoms with van der Waals surface area (Å²) in [5.74, 6) is 0.724. The Balaban J connectivity index is 2.15. The van der Waals surface area contributed by atoms with Gasteiger partial charge in [-0.2, -0.15) is 0 Å². The molecule has 0 bridgehead atoms. The van der Waals surface area contributed by atoms with Crippen molar-refractivity contribution in [1.82, 2.24) is 5.32 Å². The smallest absolute Gasteiger partial charge is 0.244 e. The Bertz CT molecular complexity index is 426. The summed E-state index contributed by atoms with van der Waals surface area (Å²) in [6, 6.07) is 7.47. The van der Waals surface area contributed by atoms with Gasteiger partial charge in [0.15, 0.2) is 0 Å². The van der Waals surface area contributed by atoms with Crippen LogP contribution in [0.2, 0.25) is 0 Å². The molecular weight excluding hydrogens is 228 g/mol. The van der Waals surface area contributed by atoms with Gasteiger partial charge in [-0.05, 0) is 37.9 Å². The first kappa shape index (κ1) is 12.9. The monoisotopic (exact) mass is 248 g/mol. The van der Waals surface area contributed by atoms with Crippen molar-refractivity contribution in [3.8, 4) is 5.75 Å². The van der Waals surface area contributed by atoms with E-state index in [1.54, 1.807) is 7.11 Å². The molecule has 1 heterocycles. The molecule has 4 nitrogen and oxygen atoms in total. The number of ether oxygens (including phenoxy) is 1. The van der Waals surface area contributed by atoms with E-state index in [2.05, 4.69) is 10.6 Å². The van der Waals surface area contributed by atoms with Gasteiger partial charge in [-0.25, -0.2) is 0 Å². The molecule has 1 amide bonds. The van der Waals surface area contributed by atoms with E-state index in [4.69, 9.17) is 4.74 Å². The summed E-state index contributed by atoms with van der Waals surface area (Å²) >= 11 is 0. The molecule has 1 aromatic rings. The van der Waals surface area contributed by atoms with E-state index >= 15 is 0 Å². The van der Waals surface area contributed by atoms with Crippen LogP contribution in [0.1, 0.15) is 26.2 Å². The molecule has 18 heavy (non-hydrogen) atoms. The molecule has 0 radical (unpaired) electrons. The molecule has 1 aromatic carbocycles. The number of carbonyl (C=O) groups is 1. The molecule has 0 aliphatic carbocycles. The molecule has 1 unspecified atom stereocenters. The van der Waals surface area contributed by atoms with Crippen LogP contribution in [0.25, 0.3) is 0 Å². The Morgan fingerprint density at radius 1 is 1.50 bits per heavy atom. The number of benzene rings is 1. The largest absolute Gasteiger partial charge is 0.495 e. The Morgan fingerprint density at radius 2 is 2.28 bits per heavy atom. The van der Waals surface area contributed by atoms with E-state index in [0.717, 1.165) is 31.5 Å². The maximum atomic E-state index is 12.4. The van der Waals surface area contributed by atoms with Gasteiger partial charge in [0.1, 0.15) is 5.75 Å². The number of carbonyl (C=O) groups excluding carboxylic acids is 1. The van der Waals surface area contributed by atoms with Gasteiger partial charge in [0.25, 0.3) is 0 Å². The Hall–Kier alpha value is -1.55. The van der Waals surface area contributed by atoms with E-state index < -0.39 is 5.54 Å². The van der Waals surface area contributed by atoms with Crippen molar-refractivity contribution in [3.63, 3.8) is 0 Å². The minimum atomic E-state index is -0.416. The number of hydrogen-bond acceptors (Lipinski definition) is 3. The molecule has 0 saturated carbocycles. The van der Waals surface area contributed by atoms with E-state index in [0.29, 0.717) is 5.75 Å². The zero-order chi connectivity index (χ0) is 13.0. The Morgan fingerprint density at radius 3 is 2.89 bits per heavy atom. The van der Waals surface area contributed by atoms with Gasteiger partial charge < -0.3 is 15.4 Å². The second-order valence-electron chi connectivity index (χ2n) is 4.62. The lowest BCUT2D eigenvalue weighted by atomic mass is 9.93. The molecule has 2 N–H and O–H groups in total. The number of anilines is 1. The molecular formula is C14H20N2O2. The van der Waals surface area contributed by atoms with Gasteiger partial charge in [0.05, 0.1) is 18.3 Å². The highest BCUT2D eigenvalue weighted by molar-refractivity contribution is 5.99. The number of nitrogens with one attached hydrogen (secondary N) is 2. The topological polar surface area (TPSA) is 50.4 Å². The number of methoxy groups -OCH3 is 1. The summed E-state index contributed by atoms with van der Waals surface area (Å²) in [4.78, 5) is 12.4. The average molecular weight is 248 g/mol. The summed E-state index contributed by atoms with van der Waals surface area (Å²) in [6.07, 6.45) is 2.74. The number of amides is 1. The highest BCUT2D eigenvalue weighted by atomic mass is 16.5. The number of rotatable bonds is 4. The molecule has 0 aromatic heterocycles. The van der Waals surface area contributed by atoms with Crippen molar-refractivity contribution < 1.29 is 9.53 Å². The van der Waals surface area contributed by atoms with Crippen LogP contribution in [0, 0.1) is 0 Å². The molecule has 1 fully saturated rings. The molecule has 1 aliphatic rings. The maximum Gasteiger partial charge on any atom is 0.244 e. The zero-order valence-corrected chi connectivity index (χ0v) is 11.0. The summed E-state index contributed by atoms with van der Waals surface area (Å²) < 4.78 is 5.24. The maximum absolute atomic E-state index is 12.4. The van der Waals surface area contributed by atoms with E-state index in [1.165, 1.54) is 0 Å². The van der Waals surface area contributed by atoms with Crippen molar-refractivity contribution >= 4 is 11.6 Å². The Kier molecular flexibility index (Phi) is 3.87. The fraction of sp³-hybridized carbons (Fsp3) is 0.500. The highest BCUT2D eigenvalue weighted by Gasteiger charge is 2.39. The lowest BCUT2D eigenvalue weighted by molar-refractivity contribution is -0.122. The minimum absolute atomic E-state index is 0.0343. The summed E-state index contributed by atoms with van der Waals surface area (Å²) in [7, 11) is 1.61. The van der Waals surface area contributed by atoms with Gasteiger partial charge in [0, 0.05) is 0 Å². The summed E-state index contributed by atoms with van der Waals surface area (Å²) in [5.41, 5.74) is 0.312. The second kappa shape index (κ2) is 5.40. The van der Waals surface area contributed by atoms with Crippen LogP contribution in [0.3, 0.4) is 0 Å². The molecule has 1 aliphatic heterocycles. The van der Waals surface area contributed by atoms with Crippen LogP contribution >= 0.6 is 0 Å². The van der Waals surface area contributed by atoms with Crippen molar-refractivity contribution in [2.24, 2.45) is 0 Å². The van der Waals surface area contributed by atoms with Crippen LogP contribution in [-0.2, 0) is 4.79 Å². The molecule has 98 valence electrons. The minimum Gasteiger partial charge on any atom is -0.495 e. The summed E-state index contributed by atoms with van der Waals surface area (Å²) in [5, 5.41) is 6.29. The Labute approximate surface area is 108 Å². The fourth-order valence-electron chi connectivity index (χ4n) is 2.45. The van der Waals surface area contributed by atoms with E-state index in [1.807, 2.05) is 31.2 Å². The first-order valence-electron chi connectivity index (χ1n) is 6.41. The molecule has 4 heteroatoms. The molecule has 0 spiro atoms. The standard InChI is InChI=1S/C14H20N2O2/c1-3-14(9-6-10-15-14)13(17)16-11-7-4-5-8-12(11)18-2/h4-5,7-8,15H,3,6,9-10H2,1-2H3,(H,16,17). The van der Waals surface area contributed by atoms with Crippen molar-refractivity contribution in [2.45, 2.75) is 31.7 Å². The van der Waals surface area contributed by atoms with E-state index in [-0.39, 0.29) is 5.91 Å². The van der Waals surface area contributed by atoms with Gasteiger partial charge in [-0.3, -0.25) is 4.79 Å². The first-order chi connectivity index (χ1) is 8.72. The van der Waals surface area contributed by atoms with Gasteiger partial charge in [0.2, 0.25) is 5.91 Å². The lowest BCUT2D eigenvalue weighted by Gasteiger charge is -2.27. The van der Waals surface area contributed by atoms with Crippen LogP contribution < -0.4 is 15.4 Å². The third-order valence-corrected chi connectivity index (χ3v) is 3.64. The SMILES string of the molecule is CCC1(C(=O)Nc2ccccc2OC)CCCN1. The lowest BCUT2D eigenvalue weighted by Crippen LogP contribution is -2.50. The highest BCUT2D eigenvalue weighted by Crippen LogP contribution is 2.28. The van der Waals surface area contributed by atoms with Crippen LogP contribution in [0.15, 0.2) is 24.3 Å².